The lowest BCUT2D eigenvalue weighted by Crippen LogP contribution is -2.35. The number of hydrogen-bond acceptors (Lipinski definition) is 2. The summed E-state index contributed by atoms with van der Waals surface area (Å²) in [6.45, 7) is 2.27. The zero-order valence-electron chi connectivity index (χ0n) is 13.4. The molecule has 2 aliphatic rings. The number of benzene rings is 2. The maximum absolute atomic E-state index is 12.9. The first-order chi connectivity index (χ1) is 11.7. The largest absolute Gasteiger partial charge is 0.378 e. The quantitative estimate of drug-likeness (QED) is 0.607. The molecule has 0 saturated carbocycles. The molecule has 3 nitrogen and oxygen atoms in total. The number of H-pyrrole nitrogens is 1. The van der Waals surface area contributed by atoms with Gasteiger partial charge in [0.1, 0.15) is 0 Å². The highest BCUT2D eigenvalue weighted by atomic mass is 16.1. The van der Waals surface area contributed by atoms with E-state index in [1.54, 1.807) is 0 Å². The number of anilines is 1. The summed E-state index contributed by atoms with van der Waals surface area (Å²) in [5, 5.41) is 5.10. The second-order valence-corrected chi connectivity index (χ2v) is 6.79. The highest BCUT2D eigenvalue weighted by Gasteiger charge is 2.32. The third kappa shape index (κ3) is 1.81. The van der Waals surface area contributed by atoms with Crippen molar-refractivity contribution in [3.63, 3.8) is 0 Å². The molecular weight excluding hydrogens is 296 g/mol. The van der Waals surface area contributed by atoms with Gasteiger partial charge in [-0.25, -0.2) is 0 Å². The Morgan fingerprint density at radius 3 is 2.71 bits per heavy atom. The van der Waals surface area contributed by atoms with Crippen molar-refractivity contribution in [1.82, 2.24) is 4.98 Å². The van der Waals surface area contributed by atoms with Gasteiger partial charge in [0.15, 0.2) is 5.43 Å². The molecule has 0 saturated heterocycles. The van der Waals surface area contributed by atoms with Gasteiger partial charge < -0.3 is 10.3 Å². The van der Waals surface area contributed by atoms with E-state index in [2.05, 4.69) is 47.6 Å². The molecule has 0 fully saturated rings. The number of hydrogen-bond donors (Lipinski definition) is 2. The number of rotatable bonds is 0. The van der Waals surface area contributed by atoms with Gasteiger partial charge >= 0.3 is 0 Å². The maximum atomic E-state index is 12.9. The molecule has 0 spiro atoms. The molecule has 1 aromatic heterocycles. The number of nitrogens with one attached hydrogen (secondary N) is 2. The Labute approximate surface area is 139 Å². The van der Waals surface area contributed by atoms with Crippen LogP contribution in [0.4, 0.5) is 5.69 Å². The fraction of sp³-hybridized carbons (Fsp3) is 0.190. The van der Waals surface area contributed by atoms with Gasteiger partial charge in [-0.15, -0.1) is 0 Å². The standard InChI is InChI=1S/C21H18N2O/c1-12-13-6-2-4-8-17(13)22-19-11-16-20(10-15(12)19)23-18-9-5-3-7-14(18)21(16)24/h2-13,17,22H,1H3,(H,23,24). The van der Waals surface area contributed by atoms with Crippen LogP contribution in [0.3, 0.4) is 0 Å². The number of pyridine rings is 1. The van der Waals surface area contributed by atoms with E-state index in [1.807, 2.05) is 30.3 Å². The summed E-state index contributed by atoms with van der Waals surface area (Å²) >= 11 is 0. The number of allylic oxidation sites excluding steroid dienone is 2. The van der Waals surface area contributed by atoms with E-state index in [0.717, 1.165) is 27.5 Å². The lowest BCUT2D eigenvalue weighted by molar-refractivity contribution is 0.490. The van der Waals surface area contributed by atoms with Gasteiger partial charge in [0, 0.05) is 27.9 Å². The predicted molar refractivity (Wildman–Crippen MR) is 99.7 cm³/mol. The predicted octanol–water partition coefficient (Wildman–Crippen LogP) is 4.32. The summed E-state index contributed by atoms with van der Waals surface area (Å²) in [6, 6.07) is 12.2. The van der Waals surface area contributed by atoms with E-state index in [1.165, 1.54) is 5.56 Å². The van der Waals surface area contributed by atoms with E-state index in [-0.39, 0.29) is 5.43 Å². The minimum Gasteiger partial charge on any atom is -0.378 e. The minimum atomic E-state index is 0.0952. The molecule has 3 unspecified atom stereocenters. The van der Waals surface area contributed by atoms with Crippen molar-refractivity contribution >= 4 is 27.5 Å². The van der Waals surface area contributed by atoms with Crippen LogP contribution in [0.5, 0.6) is 0 Å². The molecule has 3 aromatic rings. The van der Waals surface area contributed by atoms with Gasteiger partial charge in [0.05, 0.1) is 11.6 Å². The molecule has 5 rings (SSSR count). The first-order valence-corrected chi connectivity index (χ1v) is 8.42. The summed E-state index contributed by atoms with van der Waals surface area (Å²) in [7, 11) is 0. The summed E-state index contributed by atoms with van der Waals surface area (Å²) in [6.07, 6.45) is 8.70. The molecule has 3 atom stereocenters. The monoisotopic (exact) mass is 314 g/mol. The molecule has 0 radical (unpaired) electrons. The minimum absolute atomic E-state index is 0.0952. The van der Waals surface area contributed by atoms with Crippen LogP contribution in [0.15, 0.2) is 65.5 Å². The summed E-state index contributed by atoms with van der Waals surface area (Å²) in [5.41, 5.74) is 4.26. The smallest absolute Gasteiger partial charge is 0.197 e. The maximum Gasteiger partial charge on any atom is 0.197 e. The first kappa shape index (κ1) is 13.6. The third-order valence-corrected chi connectivity index (χ3v) is 5.44. The molecule has 2 aromatic carbocycles. The van der Waals surface area contributed by atoms with Crippen molar-refractivity contribution in [3.05, 3.63) is 76.5 Å². The molecule has 0 amide bonds. The Morgan fingerprint density at radius 1 is 0.958 bits per heavy atom. The molecular formula is C21H18N2O. The molecule has 118 valence electrons. The topological polar surface area (TPSA) is 44.9 Å². The Morgan fingerprint density at radius 2 is 1.79 bits per heavy atom. The molecule has 2 heterocycles. The van der Waals surface area contributed by atoms with E-state index in [0.29, 0.717) is 17.9 Å². The Kier molecular flexibility index (Phi) is 2.75. The third-order valence-electron chi connectivity index (χ3n) is 5.44. The molecule has 2 N–H and O–H groups in total. The second kappa shape index (κ2) is 4.84. The van der Waals surface area contributed by atoms with Gasteiger partial charge in [-0.3, -0.25) is 4.79 Å². The van der Waals surface area contributed by atoms with Crippen molar-refractivity contribution in [2.45, 2.75) is 18.9 Å². The van der Waals surface area contributed by atoms with Gasteiger partial charge in [0.25, 0.3) is 0 Å². The lowest BCUT2D eigenvalue weighted by atomic mass is 9.76. The van der Waals surface area contributed by atoms with Crippen LogP contribution in [0, 0.1) is 5.92 Å². The summed E-state index contributed by atoms with van der Waals surface area (Å²) in [5.74, 6) is 0.860. The molecule has 24 heavy (non-hydrogen) atoms. The lowest BCUT2D eigenvalue weighted by Gasteiger charge is -2.37. The average Bonchev–Trinajstić information content (AvgIpc) is 2.62. The van der Waals surface area contributed by atoms with Crippen LogP contribution in [-0.4, -0.2) is 11.0 Å². The van der Waals surface area contributed by atoms with Gasteiger partial charge in [-0.2, -0.15) is 0 Å². The Bertz CT molecular complexity index is 1090. The number of para-hydroxylation sites is 1. The molecule has 1 aliphatic carbocycles. The van der Waals surface area contributed by atoms with Gasteiger partial charge in [0.2, 0.25) is 0 Å². The Balaban J connectivity index is 1.80. The SMILES string of the molecule is CC1c2cc3[nH]c4ccccc4c(=O)c3cc2NC2C=CC=CC21. The van der Waals surface area contributed by atoms with Crippen molar-refractivity contribution < 1.29 is 0 Å². The first-order valence-electron chi connectivity index (χ1n) is 8.42. The zero-order valence-corrected chi connectivity index (χ0v) is 13.4. The number of aromatic nitrogens is 1. The molecule has 3 heteroatoms. The van der Waals surface area contributed by atoms with Gasteiger partial charge in [-0.1, -0.05) is 43.4 Å². The van der Waals surface area contributed by atoms with Gasteiger partial charge in [-0.05, 0) is 35.7 Å². The number of fused-ring (bicyclic) bond motifs is 4. The summed E-state index contributed by atoms with van der Waals surface area (Å²) in [4.78, 5) is 16.3. The van der Waals surface area contributed by atoms with E-state index in [4.69, 9.17) is 0 Å². The van der Waals surface area contributed by atoms with Crippen molar-refractivity contribution in [3.8, 4) is 0 Å². The second-order valence-electron chi connectivity index (χ2n) is 6.79. The fourth-order valence-electron chi connectivity index (χ4n) is 4.12. The molecule has 1 aliphatic heterocycles. The average molecular weight is 314 g/mol. The van der Waals surface area contributed by atoms with Crippen molar-refractivity contribution in [1.29, 1.82) is 0 Å². The van der Waals surface area contributed by atoms with Crippen molar-refractivity contribution in [2.24, 2.45) is 5.92 Å². The van der Waals surface area contributed by atoms with Crippen LogP contribution in [0.1, 0.15) is 18.4 Å². The highest BCUT2D eigenvalue weighted by molar-refractivity contribution is 5.94. The zero-order chi connectivity index (χ0) is 16.3. The highest BCUT2D eigenvalue weighted by Crippen LogP contribution is 2.41. The normalized spacial score (nSPS) is 24.6. The van der Waals surface area contributed by atoms with Crippen LogP contribution in [-0.2, 0) is 0 Å². The fourth-order valence-corrected chi connectivity index (χ4v) is 4.12. The van der Waals surface area contributed by atoms with Crippen LogP contribution in [0.2, 0.25) is 0 Å². The summed E-state index contributed by atoms with van der Waals surface area (Å²) < 4.78 is 0. The number of aromatic amines is 1. The Hall–Kier alpha value is -2.81. The van der Waals surface area contributed by atoms with E-state index < -0.39 is 0 Å². The van der Waals surface area contributed by atoms with E-state index in [9.17, 15) is 4.79 Å². The van der Waals surface area contributed by atoms with Crippen LogP contribution < -0.4 is 10.7 Å². The van der Waals surface area contributed by atoms with Crippen LogP contribution >= 0.6 is 0 Å². The van der Waals surface area contributed by atoms with Crippen molar-refractivity contribution in [2.75, 3.05) is 5.32 Å². The molecule has 0 bridgehead atoms. The van der Waals surface area contributed by atoms with E-state index >= 15 is 0 Å². The van der Waals surface area contributed by atoms with Crippen LogP contribution in [0.25, 0.3) is 21.8 Å².